The van der Waals surface area contributed by atoms with E-state index in [0.29, 0.717) is 18.2 Å². The van der Waals surface area contributed by atoms with Gasteiger partial charge in [-0.05, 0) is 31.6 Å². The van der Waals surface area contributed by atoms with Crippen LogP contribution in [0.3, 0.4) is 0 Å². The molecule has 1 unspecified atom stereocenters. The average Bonchev–Trinajstić information content (AvgIpc) is 2.27. The highest BCUT2D eigenvalue weighted by Gasteiger charge is 2.15. The number of nitrogens with zero attached hydrogens (tertiary/aromatic N) is 1. The van der Waals surface area contributed by atoms with Gasteiger partial charge in [-0.1, -0.05) is 6.92 Å². The van der Waals surface area contributed by atoms with E-state index in [4.69, 9.17) is 0 Å². The molecule has 0 spiro atoms. The van der Waals surface area contributed by atoms with Crippen LogP contribution >= 0.6 is 0 Å². The Labute approximate surface area is 99.2 Å². The Morgan fingerprint density at radius 2 is 2.18 bits per heavy atom. The minimum absolute atomic E-state index is 0.235. The molecule has 0 aliphatic rings. The average molecular weight is 241 g/mol. The first-order valence-corrected chi connectivity index (χ1v) is 5.37. The molecule has 6 heteroatoms. The summed E-state index contributed by atoms with van der Waals surface area (Å²) in [6.45, 7) is 3.41. The maximum atomic E-state index is 12.9. The molecule has 0 aliphatic carbocycles. The maximum absolute atomic E-state index is 12.9. The molecule has 0 aliphatic heterocycles. The monoisotopic (exact) mass is 241 g/mol. The summed E-state index contributed by atoms with van der Waals surface area (Å²) in [4.78, 5) is 10.1. The van der Waals surface area contributed by atoms with Crippen molar-refractivity contribution in [1.29, 1.82) is 0 Å². The van der Waals surface area contributed by atoms with E-state index in [-0.39, 0.29) is 5.69 Å². The molecule has 0 saturated heterocycles. The number of nitro benzene ring substituents is 1. The Morgan fingerprint density at radius 3 is 2.76 bits per heavy atom. The van der Waals surface area contributed by atoms with Gasteiger partial charge in [-0.2, -0.15) is 0 Å². The van der Waals surface area contributed by atoms with Gasteiger partial charge in [0.15, 0.2) is 0 Å². The number of hydrogen-bond donors (Lipinski definition) is 2. The predicted molar refractivity (Wildman–Crippen MR) is 64.6 cm³/mol. The van der Waals surface area contributed by atoms with Gasteiger partial charge in [0.2, 0.25) is 0 Å². The molecular formula is C11H16FN3O2. The van der Waals surface area contributed by atoms with Crippen LogP contribution in [0.15, 0.2) is 18.2 Å². The van der Waals surface area contributed by atoms with E-state index in [9.17, 15) is 14.5 Å². The van der Waals surface area contributed by atoms with Gasteiger partial charge in [-0.3, -0.25) is 10.1 Å². The zero-order valence-corrected chi connectivity index (χ0v) is 9.87. The van der Waals surface area contributed by atoms with Crippen molar-refractivity contribution in [2.24, 2.45) is 5.92 Å². The van der Waals surface area contributed by atoms with Crippen LogP contribution in [0.25, 0.3) is 0 Å². The van der Waals surface area contributed by atoms with Crippen molar-refractivity contribution in [2.75, 3.05) is 25.5 Å². The van der Waals surface area contributed by atoms with E-state index in [2.05, 4.69) is 10.6 Å². The number of nitrogens with one attached hydrogen (secondary N) is 2. The van der Waals surface area contributed by atoms with Crippen molar-refractivity contribution in [3.8, 4) is 0 Å². The zero-order chi connectivity index (χ0) is 12.8. The summed E-state index contributed by atoms with van der Waals surface area (Å²) in [5.41, 5.74) is 0.112. The summed E-state index contributed by atoms with van der Waals surface area (Å²) in [5.74, 6) is -0.282. The first-order chi connectivity index (χ1) is 8.04. The lowest BCUT2D eigenvalue weighted by Crippen LogP contribution is -2.23. The highest BCUT2D eigenvalue weighted by Crippen LogP contribution is 2.24. The molecule has 1 aromatic carbocycles. The highest BCUT2D eigenvalue weighted by atomic mass is 19.1. The molecule has 0 amide bonds. The lowest BCUT2D eigenvalue weighted by Gasteiger charge is -2.13. The summed E-state index contributed by atoms with van der Waals surface area (Å²) in [6.07, 6.45) is 0. The molecule has 94 valence electrons. The summed E-state index contributed by atoms with van der Waals surface area (Å²) < 4.78 is 12.9. The summed E-state index contributed by atoms with van der Waals surface area (Å²) in [7, 11) is 1.84. The van der Waals surface area contributed by atoms with E-state index in [0.717, 1.165) is 12.6 Å². The Morgan fingerprint density at radius 1 is 1.47 bits per heavy atom. The van der Waals surface area contributed by atoms with Crippen LogP contribution in [-0.2, 0) is 0 Å². The number of anilines is 1. The van der Waals surface area contributed by atoms with Gasteiger partial charge in [0.1, 0.15) is 11.5 Å². The molecule has 2 N–H and O–H groups in total. The molecule has 0 aromatic heterocycles. The van der Waals surface area contributed by atoms with E-state index in [1.54, 1.807) is 0 Å². The second kappa shape index (κ2) is 6.15. The molecule has 1 atom stereocenters. The van der Waals surface area contributed by atoms with Crippen molar-refractivity contribution in [1.82, 2.24) is 5.32 Å². The number of rotatable bonds is 6. The quantitative estimate of drug-likeness (QED) is 0.590. The lowest BCUT2D eigenvalue weighted by atomic mass is 10.1. The number of nitro groups is 1. The SMILES string of the molecule is CNCC(C)CNc1ccc(F)cc1[N+](=O)[O-]. The second-order valence-electron chi connectivity index (χ2n) is 3.96. The smallest absolute Gasteiger partial charge is 0.295 e. The minimum atomic E-state index is -0.606. The Balaban J connectivity index is 2.73. The fourth-order valence-electron chi connectivity index (χ4n) is 1.51. The molecule has 5 nitrogen and oxygen atoms in total. The third-order valence-corrected chi connectivity index (χ3v) is 2.35. The summed E-state index contributed by atoms with van der Waals surface area (Å²) in [6, 6.07) is 3.52. The Bertz CT molecular complexity index is 398. The van der Waals surface area contributed by atoms with E-state index in [1.165, 1.54) is 12.1 Å². The molecule has 1 aromatic rings. The molecule has 0 saturated carbocycles. The minimum Gasteiger partial charge on any atom is -0.379 e. The fourth-order valence-corrected chi connectivity index (χ4v) is 1.51. The number of benzene rings is 1. The normalized spacial score (nSPS) is 12.2. The topological polar surface area (TPSA) is 67.2 Å². The van der Waals surface area contributed by atoms with Gasteiger partial charge in [0.25, 0.3) is 5.69 Å². The molecule has 17 heavy (non-hydrogen) atoms. The third kappa shape index (κ3) is 3.99. The highest BCUT2D eigenvalue weighted by molar-refractivity contribution is 5.61. The largest absolute Gasteiger partial charge is 0.379 e. The molecule has 0 radical (unpaired) electrons. The van der Waals surface area contributed by atoms with Gasteiger partial charge < -0.3 is 10.6 Å². The first kappa shape index (κ1) is 13.4. The van der Waals surface area contributed by atoms with Crippen LogP contribution in [0.5, 0.6) is 0 Å². The Hall–Kier alpha value is -1.69. The van der Waals surface area contributed by atoms with Gasteiger partial charge in [-0.15, -0.1) is 0 Å². The van der Waals surface area contributed by atoms with Gasteiger partial charge >= 0.3 is 0 Å². The standard InChI is InChI=1S/C11H16FN3O2/c1-8(6-13-2)7-14-10-4-3-9(12)5-11(10)15(16)17/h3-5,8,13-14H,6-7H2,1-2H3. The molecule has 0 bridgehead atoms. The van der Waals surface area contributed by atoms with Crippen LogP contribution in [0.2, 0.25) is 0 Å². The van der Waals surface area contributed by atoms with E-state index in [1.807, 2.05) is 14.0 Å². The van der Waals surface area contributed by atoms with Crippen molar-refractivity contribution in [3.63, 3.8) is 0 Å². The molecule has 0 heterocycles. The number of halogens is 1. The molecule has 0 fully saturated rings. The third-order valence-electron chi connectivity index (χ3n) is 2.35. The van der Waals surface area contributed by atoms with Crippen LogP contribution in [0.1, 0.15) is 6.92 Å². The Kier molecular flexibility index (Phi) is 4.84. The predicted octanol–water partition coefficient (Wildman–Crippen LogP) is 2.00. The van der Waals surface area contributed by atoms with Crippen LogP contribution < -0.4 is 10.6 Å². The van der Waals surface area contributed by atoms with Crippen LogP contribution in [0.4, 0.5) is 15.8 Å². The van der Waals surface area contributed by atoms with E-state index >= 15 is 0 Å². The maximum Gasteiger partial charge on any atom is 0.295 e. The van der Waals surface area contributed by atoms with Crippen molar-refractivity contribution < 1.29 is 9.31 Å². The number of hydrogen-bond acceptors (Lipinski definition) is 4. The molecular weight excluding hydrogens is 225 g/mol. The van der Waals surface area contributed by atoms with Crippen LogP contribution in [0, 0.1) is 21.8 Å². The van der Waals surface area contributed by atoms with Gasteiger partial charge in [0.05, 0.1) is 11.0 Å². The van der Waals surface area contributed by atoms with Crippen LogP contribution in [-0.4, -0.2) is 25.1 Å². The van der Waals surface area contributed by atoms with Gasteiger partial charge in [-0.25, -0.2) is 4.39 Å². The fraction of sp³-hybridized carbons (Fsp3) is 0.455. The zero-order valence-electron chi connectivity index (χ0n) is 9.87. The lowest BCUT2D eigenvalue weighted by molar-refractivity contribution is -0.384. The van der Waals surface area contributed by atoms with Crippen molar-refractivity contribution in [3.05, 3.63) is 34.1 Å². The first-order valence-electron chi connectivity index (χ1n) is 5.37. The van der Waals surface area contributed by atoms with E-state index < -0.39 is 10.7 Å². The van der Waals surface area contributed by atoms with Crippen molar-refractivity contribution >= 4 is 11.4 Å². The van der Waals surface area contributed by atoms with Crippen molar-refractivity contribution in [2.45, 2.75) is 6.92 Å². The van der Waals surface area contributed by atoms with Gasteiger partial charge in [0, 0.05) is 6.54 Å². The molecule has 1 rings (SSSR count). The summed E-state index contributed by atoms with van der Waals surface area (Å²) in [5, 5.41) is 16.7. The second-order valence-corrected chi connectivity index (χ2v) is 3.96. The summed E-state index contributed by atoms with van der Waals surface area (Å²) >= 11 is 0.